The van der Waals surface area contributed by atoms with Crippen LogP contribution in [0.15, 0.2) is 47.5 Å². The van der Waals surface area contributed by atoms with Gasteiger partial charge in [-0.2, -0.15) is 0 Å². The van der Waals surface area contributed by atoms with Crippen LogP contribution in [-0.4, -0.2) is 17.3 Å². The standard InChI is InChI=1S/C29H40ClNO3/c1-2-3-4-5-6-7-8-9-10-11-12-13-14-15-29(33)34-27-21-16-24(28(32)22-27)23-31-26-19-17-25(30)18-20-26/h16-23,32H,2-15H2,1H3. The van der Waals surface area contributed by atoms with E-state index in [1.54, 1.807) is 42.6 Å². The minimum atomic E-state index is -0.259. The van der Waals surface area contributed by atoms with E-state index < -0.39 is 0 Å². The first kappa shape index (κ1) is 27.9. The second-order valence-electron chi connectivity index (χ2n) is 8.92. The van der Waals surface area contributed by atoms with Gasteiger partial charge in [0.05, 0.1) is 5.69 Å². The molecule has 0 heterocycles. The molecule has 0 unspecified atom stereocenters. The van der Waals surface area contributed by atoms with Crippen molar-refractivity contribution in [3.63, 3.8) is 0 Å². The summed E-state index contributed by atoms with van der Waals surface area (Å²) in [6.45, 7) is 2.26. The van der Waals surface area contributed by atoms with Gasteiger partial charge in [-0.15, -0.1) is 0 Å². The van der Waals surface area contributed by atoms with Gasteiger partial charge in [-0.25, -0.2) is 0 Å². The zero-order chi connectivity index (χ0) is 24.4. The number of aliphatic imine (C=N–C) groups is 1. The quantitative estimate of drug-likeness (QED) is 0.105. The van der Waals surface area contributed by atoms with Crippen LogP contribution in [-0.2, 0) is 4.79 Å². The van der Waals surface area contributed by atoms with Gasteiger partial charge < -0.3 is 9.84 Å². The highest BCUT2D eigenvalue weighted by Gasteiger charge is 2.07. The van der Waals surface area contributed by atoms with E-state index >= 15 is 0 Å². The Morgan fingerprint density at radius 1 is 0.853 bits per heavy atom. The van der Waals surface area contributed by atoms with E-state index in [1.807, 2.05) is 0 Å². The van der Waals surface area contributed by atoms with Crippen molar-refractivity contribution in [2.24, 2.45) is 4.99 Å². The van der Waals surface area contributed by atoms with Crippen molar-refractivity contribution < 1.29 is 14.6 Å². The molecule has 2 aromatic carbocycles. The Kier molecular flexibility index (Phi) is 14.1. The van der Waals surface area contributed by atoms with E-state index in [2.05, 4.69) is 11.9 Å². The average Bonchev–Trinajstić information content (AvgIpc) is 2.82. The van der Waals surface area contributed by atoms with Crippen LogP contribution >= 0.6 is 11.6 Å². The number of ether oxygens (including phenoxy) is 1. The molecule has 1 N–H and O–H groups in total. The highest BCUT2D eigenvalue weighted by molar-refractivity contribution is 6.30. The van der Waals surface area contributed by atoms with E-state index in [9.17, 15) is 9.90 Å². The molecule has 0 aliphatic rings. The monoisotopic (exact) mass is 485 g/mol. The van der Waals surface area contributed by atoms with Crippen LogP contribution in [0.25, 0.3) is 0 Å². The fraction of sp³-hybridized carbons (Fsp3) is 0.517. The maximum Gasteiger partial charge on any atom is 0.311 e. The predicted octanol–water partition coefficient (Wildman–Crippen LogP) is 9.18. The Balaban J connectivity index is 1.55. The van der Waals surface area contributed by atoms with Crippen LogP contribution in [0.3, 0.4) is 0 Å². The highest BCUT2D eigenvalue weighted by Crippen LogP contribution is 2.24. The van der Waals surface area contributed by atoms with E-state index in [-0.39, 0.29) is 11.7 Å². The minimum Gasteiger partial charge on any atom is -0.507 e. The molecule has 0 spiro atoms. The molecule has 186 valence electrons. The van der Waals surface area contributed by atoms with Gasteiger partial charge in [-0.1, -0.05) is 95.6 Å². The lowest BCUT2D eigenvalue weighted by molar-refractivity contribution is -0.134. The van der Waals surface area contributed by atoms with Crippen molar-refractivity contribution in [3.05, 3.63) is 53.1 Å². The molecule has 4 nitrogen and oxygen atoms in total. The lowest BCUT2D eigenvalue weighted by Crippen LogP contribution is -2.07. The van der Waals surface area contributed by atoms with Gasteiger partial charge >= 0.3 is 5.97 Å². The molecular weight excluding hydrogens is 446 g/mol. The number of phenols is 1. The average molecular weight is 486 g/mol. The van der Waals surface area contributed by atoms with Crippen LogP contribution in [0, 0.1) is 0 Å². The molecule has 34 heavy (non-hydrogen) atoms. The molecule has 0 fully saturated rings. The van der Waals surface area contributed by atoms with Gasteiger partial charge in [0.1, 0.15) is 11.5 Å². The summed E-state index contributed by atoms with van der Waals surface area (Å²) in [5.41, 5.74) is 1.28. The van der Waals surface area contributed by atoms with E-state index in [0.29, 0.717) is 22.8 Å². The third-order valence-electron chi connectivity index (χ3n) is 5.90. The molecule has 0 radical (unpaired) electrons. The van der Waals surface area contributed by atoms with E-state index in [4.69, 9.17) is 16.3 Å². The van der Waals surface area contributed by atoms with Gasteiger partial charge in [0, 0.05) is 29.3 Å². The lowest BCUT2D eigenvalue weighted by atomic mass is 10.0. The zero-order valence-electron chi connectivity index (χ0n) is 20.6. The zero-order valence-corrected chi connectivity index (χ0v) is 21.4. The maximum absolute atomic E-state index is 12.1. The molecule has 2 rings (SSSR count). The first-order chi connectivity index (χ1) is 16.6. The van der Waals surface area contributed by atoms with Gasteiger partial charge in [0.25, 0.3) is 0 Å². The van der Waals surface area contributed by atoms with Gasteiger partial charge in [-0.3, -0.25) is 9.79 Å². The number of rotatable bonds is 17. The normalized spacial score (nSPS) is 11.2. The largest absolute Gasteiger partial charge is 0.507 e. The van der Waals surface area contributed by atoms with Crippen molar-refractivity contribution >= 4 is 29.5 Å². The summed E-state index contributed by atoms with van der Waals surface area (Å²) in [4.78, 5) is 16.4. The van der Waals surface area contributed by atoms with Crippen LogP contribution in [0.1, 0.15) is 102 Å². The molecule has 0 amide bonds. The number of phenolic OH excluding ortho intramolecular Hbond substituents is 1. The van der Waals surface area contributed by atoms with E-state index in [0.717, 1.165) is 18.5 Å². The second kappa shape index (κ2) is 17.2. The minimum absolute atomic E-state index is 0.0176. The fourth-order valence-electron chi connectivity index (χ4n) is 3.84. The SMILES string of the molecule is CCCCCCCCCCCCCCCC(=O)Oc1ccc(C=Nc2ccc(Cl)cc2)c(O)c1. The van der Waals surface area contributed by atoms with Crippen LogP contribution in [0.4, 0.5) is 5.69 Å². The Hall–Kier alpha value is -2.33. The first-order valence-corrected chi connectivity index (χ1v) is 13.3. The number of carbonyl (C=O) groups excluding carboxylic acids is 1. The highest BCUT2D eigenvalue weighted by atomic mass is 35.5. The predicted molar refractivity (Wildman–Crippen MR) is 143 cm³/mol. The summed E-state index contributed by atoms with van der Waals surface area (Å²) in [6.07, 6.45) is 18.5. The molecule has 0 aromatic heterocycles. The number of aromatic hydroxyl groups is 1. The number of unbranched alkanes of at least 4 members (excludes halogenated alkanes) is 12. The Labute approximate surface area is 210 Å². The van der Waals surface area contributed by atoms with Gasteiger partial charge in [0.15, 0.2) is 0 Å². The van der Waals surface area contributed by atoms with Crippen LogP contribution < -0.4 is 4.74 Å². The first-order valence-electron chi connectivity index (χ1n) is 12.9. The molecule has 0 saturated heterocycles. The third kappa shape index (κ3) is 12.2. The summed E-state index contributed by atoms with van der Waals surface area (Å²) in [5.74, 6) is 0.106. The molecular formula is C29H40ClNO3. The molecule has 2 aromatic rings. The smallest absolute Gasteiger partial charge is 0.311 e. The number of esters is 1. The molecule has 0 aliphatic carbocycles. The van der Waals surface area contributed by atoms with Crippen molar-refractivity contribution in [3.8, 4) is 11.5 Å². The van der Waals surface area contributed by atoms with Gasteiger partial charge in [0.2, 0.25) is 0 Å². The molecule has 0 aliphatic heterocycles. The number of nitrogens with zero attached hydrogens (tertiary/aromatic N) is 1. The lowest BCUT2D eigenvalue weighted by Gasteiger charge is -2.06. The molecule has 0 saturated carbocycles. The van der Waals surface area contributed by atoms with Crippen molar-refractivity contribution in [1.82, 2.24) is 0 Å². The van der Waals surface area contributed by atoms with Gasteiger partial charge in [-0.05, 0) is 42.8 Å². The molecule has 0 bridgehead atoms. The van der Waals surface area contributed by atoms with Crippen molar-refractivity contribution in [2.75, 3.05) is 0 Å². The number of benzene rings is 2. The Morgan fingerprint density at radius 3 is 1.97 bits per heavy atom. The Bertz CT molecular complexity index is 864. The Morgan fingerprint density at radius 2 is 1.41 bits per heavy atom. The second-order valence-corrected chi connectivity index (χ2v) is 9.36. The summed E-state index contributed by atoms with van der Waals surface area (Å²) in [6, 6.07) is 11.9. The van der Waals surface area contributed by atoms with Crippen molar-refractivity contribution in [2.45, 2.75) is 96.8 Å². The number of hydrogen-bond acceptors (Lipinski definition) is 4. The van der Waals surface area contributed by atoms with Crippen LogP contribution in [0.5, 0.6) is 11.5 Å². The number of carbonyl (C=O) groups is 1. The van der Waals surface area contributed by atoms with Crippen molar-refractivity contribution in [1.29, 1.82) is 0 Å². The number of halogens is 1. The summed E-state index contributed by atoms with van der Waals surface area (Å²) in [7, 11) is 0. The summed E-state index contributed by atoms with van der Waals surface area (Å²) in [5, 5.41) is 10.9. The van der Waals surface area contributed by atoms with E-state index in [1.165, 1.54) is 76.7 Å². The number of hydrogen-bond donors (Lipinski definition) is 1. The maximum atomic E-state index is 12.1. The summed E-state index contributed by atoms with van der Waals surface area (Å²) >= 11 is 5.87. The molecule has 0 atom stereocenters. The summed E-state index contributed by atoms with van der Waals surface area (Å²) < 4.78 is 5.38. The fourth-order valence-corrected chi connectivity index (χ4v) is 3.96. The topological polar surface area (TPSA) is 58.9 Å². The molecule has 5 heteroatoms. The third-order valence-corrected chi connectivity index (χ3v) is 6.15. The van der Waals surface area contributed by atoms with Crippen LogP contribution in [0.2, 0.25) is 5.02 Å².